The van der Waals surface area contributed by atoms with Crippen LogP contribution in [-0.4, -0.2) is 15.5 Å². The number of rotatable bonds is 3. The summed E-state index contributed by atoms with van der Waals surface area (Å²) >= 11 is 4.54. The van der Waals surface area contributed by atoms with Crippen LogP contribution in [0.2, 0.25) is 0 Å². The molecule has 94 valence electrons. The minimum atomic E-state index is -0.329. The molecule has 0 radical (unpaired) electrons. The van der Waals surface area contributed by atoms with E-state index in [1.54, 1.807) is 6.20 Å². The number of anilines is 2. The number of carbonyl (C=O) groups is 1. The number of halogens is 1. The van der Waals surface area contributed by atoms with Crippen LogP contribution in [0.25, 0.3) is 0 Å². The first-order valence-electron chi connectivity index (χ1n) is 4.92. The lowest BCUT2D eigenvalue weighted by Crippen LogP contribution is -2.26. The number of amides is 1. The molecule has 0 saturated carbocycles. The fraction of sp³-hybridized carbons (Fsp3) is 0.100. The van der Waals surface area contributed by atoms with Crippen molar-refractivity contribution in [1.29, 1.82) is 0 Å². The van der Waals surface area contributed by atoms with Crippen LogP contribution in [0.3, 0.4) is 0 Å². The van der Waals surface area contributed by atoms with Crippen molar-refractivity contribution < 1.29 is 4.79 Å². The van der Waals surface area contributed by atoms with Crippen molar-refractivity contribution in [2.24, 2.45) is 0 Å². The summed E-state index contributed by atoms with van der Waals surface area (Å²) in [4.78, 5) is 27.1. The molecule has 2 aromatic rings. The van der Waals surface area contributed by atoms with Crippen molar-refractivity contribution >= 4 is 44.0 Å². The van der Waals surface area contributed by atoms with Crippen molar-refractivity contribution in [1.82, 2.24) is 9.55 Å². The first kappa shape index (κ1) is 12.8. The second kappa shape index (κ2) is 5.32. The summed E-state index contributed by atoms with van der Waals surface area (Å²) in [6.45, 7) is -0.0962. The zero-order valence-electron chi connectivity index (χ0n) is 9.09. The lowest BCUT2D eigenvalue weighted by atomic mass is 10.4. The number of nitrogens with zero attached hydrogens (tertiary/aromatic N) is 2. The Balaban J connectivity index is 2.07. The van der Waals surface area contributed by atoms with Gasteiger partial charge < -0.3 is 15.6 Å². The zero-order chi connectivity index (χ0) is 13.1. The molecular formula is C10H9BrN4O2S. The predicted octanol–water partition coefficient (Wildman–Crippen LogP) is 1.29. The quantitative estimate of drug-likeness (QED) is 0.888. The smallest absolute Gasteiger partial charge is 0.251 e. The maximum absolute atomic E-state index is 11.7. The maximum atomic E-state index is 11.7. The summed E-state index contributed by atoms with van der Waals surface area (Å²) in [7, 11) is 0. The molecule has 18 heavy (non-hydrogen) atoms. The number of nitrogen functional groups attached to an aromatic ring is 1. The molecule has 6 nitrogen and oxygen atoms in total. The Bertz CT molecular complexity index is 637. The Morgan fingerprint density at radius 1 is 1.56 bits per heavy atom. The van der Waals surface area contributed by atoms with Crippen molar-refractivity contribution in [3.8, 4) is 0 Å². The lowest BCUT2D eigenvalue weighted by molar-refractivity contribution is -0.116. The number of pyridine rings is 1. The molecule has 0 aromatic carbocycles. The highest BCUT2D eigenvalue weighted by molar-refractivity contribution is 9.11. The zero-order valence-corrected chi connectivity index (χ0v) is 11.5. The molecule has 0 spiro atoms. The number of carbonyl (C=O) groups excluding carboxylic acids is 1. The SMILES string of the molecule is Nc1ccc(=O)n(CC(=O)Nc2ncc(Br)s2)c1. The Morgan fingerprint density at radius 2 is 2.33 bits per heavy atom. The van der Waals surface area contributed by atoms with Crippen LogP contribution in [0.1, 0.15) is 0 Å². The molecule has 2 heterocycles. The molecule has 0 aliphatic heterocycles. The summed E-state index contributed by atoms with van der Waals surface area (Å²) < 4.78 is 2.06. The van der Waals surface area contributed by atoms with E-state index in [0.717, 1.165) is 3.79 Å². The van der Waals surface area contributed by atoms with Crippen LogP contribution in [0.5, 0.6) is 0 Å². The topological polar surface area (TPSA) is 90.0 Å². The third-order valence-corrected chi connectivity index (χ3v) is 3.44. The van der Waals surface area contributed by atoms with Crippen LogP contribution in [-0.2, 0) is 11.3 Å². The molecule has 0 atom stereocenters. The second-order valence-electron chi connectivity index (χ2n) is 3.45. The molecule has 0 fully saturated rings. The summed E-state index contributed by atoms with van der Waals surface area (Å²) in [5.74, 6) is -0.329. The average Bonchev–Trinajstić information content (AvgIpc) is 2.69. The number of aromatic nitrogens is 2. The van der Waals surface area contributed by atoms with Gasteiger partial charge in [-0.3, -0.25) is 9.59 Å². The first-order valence-corrected chi connectivity index (χ1v) is 6.53. The van der Waals surface area contributed by atoms with E-state index in [0.29, 0.717) is 10.8 Å². The van der Waals surface area contributed by atoms with E-state index in [1.807, 2.05) is 0 Å². The molecule has 0 saturated heterocycles. The molecular weight excluding hydrogens is 320 g/mol. The standard InChI is InChI=1S/C10H9BrN4O2S/c11-7-3-13-10(18-7)14-8(16)5-15-4-6(12)1-2-9(15)17/h1-4H,5,12H2,(H,13,14,16). The second-order valence-corrected chi connectivity index (χ2v) is 5.86. The van der Waals surface area contributed by atoms with Gasteiger partial charge in [-0.05, 0) is 22.0 Å². The third-order valence-electron chi connectivity index (χ3n) is 2.04. The molecule has 1 amide bonds. The molecule has 0 bridgehead atoms. The normalized spacial score (nSPS) is 10.3. The van der Waals surface area contributed by atoms with E-state index in [2.05, 4.69) is 26.2 Å². The highest BCUT2D eigenvalue weighted by Gasteiger charge is 2.07. The van der Waals surface area contributed by atoms with E-state index >= 15 is 0 Å². The van der Waals surface area contributed by atoms with E-state index in [-0.39, 0.29) is 18.0 Å². The van der Waals surface area contributed by atoms with E-state index in [4.69, 9.17) is 5.73 Å². The van der Waals surface area contributed by atoms with Crippen LogP contribution < -0.4 is 16.6 Å². The van der Waals surface area contributed by atoms with Gasteiger partial charge in [-0.25, -0.2) is 4.98 Å². The van der Waals surface area contributed by atoms with Crippen molar-refractivity contribution in [2.75, 3.05) is 11.1 Å². The number of nitrogens with one attached hydrogen (secondary N) is 1. The van der Waals surface area contributed by atoms with Gasteiger partial charge in [0, 0.05) is 18.0 Å². The summed E-state index contributed by atoms with van der Waals surface area (Å²) in [5, 5.41) is 3.07. The molecule has 0 aliphatic rings. The Hall–Kier alpha value is -1.67. The number of hydrogen-bond donors (Lipinski definition) is 2. The minimum Gasteiger partial charge on any atom is -0.398 e. The largest absolute Gasteiger partial charge is 0.398 e. The summed E-state index contributed by atoms with van der Waals surface area (Å²) in [6.07, 6.45) is 3.02. The predicted molar refractivity (Wildman–Crippen MR) is 73.6 cm³/mol. The minimum absolute atomic E-state index is 0.0962. The van der Waals surface area contributed by atoms with E-state index < -0.39 is 0 Å². The van der Waals surface area contributed by atoms with Gasteiger partial charge in [0.05, 0.1) is 9.98 Å². The maximum Gasteiger partial charge on any atom is 0.251 e. The van der Waals surface area contributed by atoms with Crippen LogP contribution >= 0.6 is 27.3 Å². The number of thiazole rings is 1. The van der Waals surface area contributed by atoms with Crippen LogP contribution in [0, 0.1) is 0 Å². The third kappa shape index (κ3) is 3.17. The highest BCUT2D eigenvalue weighted by atomic mass is 79.9. The number of nitrogens with two attached hydrogens (primary N) is 1. The molecule has 8 heteroatoms. The highest BCUT2D eigenvalue weighted by Crippen LogP contribution is 2.22. The summed E-state index contributed by atoms with van der Waals surface area (Å²) in [5.41, 5.74) is 5.70. The molecule has 0 unspecified atom stereocenters. The fourth-order valence-corrected chi connectivity index (χ4v) is 2.42. The van der Waals surface area contributed by atoms with Gasteiger partial charge in [0.15, 0.2) is 5.13 Å². The van der Waals surface area contributed by atoms with E-state index in [9.17, 15) is 9.59 Å². The van der Waals surface area contributed by atoms with E-state index in [1.165, 1.54) is 34.2 Å². The Morgan fingerprint density at radius 3 is 3.00 bits per heavy atom. The van der Waals surface area contributed by atoms with Crippen LogP contribution in [0.15, 0.2) is 33.1 Å². The van der Waals surface area contributed by atoms with Crippen molar-refractivity contribution in [3.63, 3.8) is 0 Å². The molecule has 0 aliphatic carbocycles. The lowest BCUT2D eigenvalue weighted by Gasteiger charge is -2.05. The average molecular weight is 329 g/mol. The van der Waals surface area contributed by atoms with Gasteiger partial charge in [-0.15, -0.1) is 0 Å². The Kier molecular flexibility index (Phi) is 3.78. The van der Waals surface area contributed by atoms with Gasteiger partial charge in [-0.2, -0.15) is 0 Å². The van der Waals surface area contributed by atoms with Crippen LogP contribution in [0.4, 0.5) is 10.8 Å². The fourth-order valence-electron chi connectivity index (χ4n) is 1.30. The van der Waals surface area contributed by atoms with Crippen molar-refractivity contribution in [2.45, 2.75) is 6.54 Å². The molecule has 2 aromatic heterocycles. The summed E-state index contributed by atoms with van der Waals surface area (Å²) in [6, 6.07) is 2.82. The number of hydrogen-bond acceptors (Lipinski definition) is 5. The monoisotopic (exact) mass is 328 g/mol. The molecule has 3 N–H and O–H groups in total. The van der Waals surface area contributed by atoms with Gasteiger partial charge in [0.2, 0.25) is 5.91 Å². The van der Waals surface area contributed by atoms with Gasteiger partial charge in [0.25, 0.3) is 5.56 Å². The molecule has 2 rings (SSSR count). The van der Waals surface area contributed by atoms with Gasteiger partial charge >= 0.3 is 0 Å². The van der Waals surface area contributed by atoms with Crippen molar-refractivity contribution in [3.05, 3.63) is 38.7 Å². The van der Waals surface area contributed by atoms with Gasteiger partial charge in [-0.1, -0.05) is 11.3 Å². The first-order chi connectivity index (χ1) is 8.54. The van der Waals surface area contributed by atoms with Gasteiger partial charge in [0.1, 0.15) is 6.54 Å². The Labute approximate surface area is 115 Å².